The topological polar surface area (TPSA) is 103 Å². The molecule has 1 amide bonds. The lowest BCUT2D eigenvalue weighted by atomic mass is 10.2. The van der Waals surface area contributed by atoms with Crippen LogP contribution in [0.1, 0.15) is 29.7 Å². The third-order valence-electron chi connectivity index (χ3n) is 2.95. The van der Waals surface area contributed by atoms with Gasteiger partial charge in [-0.25, -0.2) is 5.43 Å². The minimum atomic E-state index is -0.353. The number of nitrogens with one attached hydrogen (secondary N) is 3. The summed E-state index contributed by atoms with van der Waals surface area (Å²) >= 11 is 4.85. The van der Waals surface area contributed by atoms with Crippen LogP contribution in [0.15, 0.2) is 26.4 Å². The van der Waals surface area contributed by atoms with Crippen molar-refractivity contribution in [1.82, 2.24) is 15.4 Å². The van der Waals surface area contributed by atoms with Crippen LogP contribution in [-0.4, -0.2) is 21.6 Å². The van der Waals surface area contributed by atoms with E-state index in [1.54, 1.807) is 6.92 Å². The van der Waals surface area contributed by atoms with Crippen molar-refractivity contribution in [3.05, 3.63) is 50.0 Å². The standard InChI is InChI=1S/C14H16N4O3S/c1-7-4-11(9(3)21-7)8(2)17-18-13(20)6-10-5-12(19)16-14(22)15-10/h4-5H,6H2,1-3H3,(H,18,20)(H2,15,16,19,22)/b17-8-. The van der Waals surface area contributed by atoms with Gasteiger partial charge in [0.1, 0.15) is 11.5 Å². The minimum absolute atomic E-state index is 0.0201. The molecule has 0 fully saturated rings. The van der Waals surface area contributed by atoms with E-state index < -0.39 is 0 Å². The maximum atomic E-state index is 11.9. The van der Waals surface area contributed by atoms with Crippen LogP contribution >= 0.6 is 12.2 Å². The van der Waals surface area contributed by atoms with Gasteiger partial charge >= 0.3 is 0 Å². The van der Waals surface area contributed by atoms with Crippen molar-refractivity contribution in [3.63, 3.8) is 0 Å². The lowest BCUT2D eigenvalue weighted by Gasteiger charge is -2.02. The van der Waals surface area contributed by atoms with Crippen LogP contribution in [0.5, 0.6) is 0 Å². The zero-order chi connectivity index (χ0) is 16.3. The molecule has 0 saturated carbocycles. The van der Waals surface area contributed by atoms with Crippen molar-refractivity contribution in [2.24, 2.45) is 5.10 Å². The van der Waals surface area contributed by atoms with Gasteiger partial charge in [0.25, 0.3) is 5.56 Å². The highest BCUT2D eigenvalue weighted by atomic mass is 32.1. The quantitative estimate of drug-likeness (QED) is 0.453. The van der Waals surface area contributed by atoms with Gasteiger partial charge in [0.15, 0.2) is 4.77 Å². The highest BCUT2D eigenvalue weighted by molar-refractivity contribution is 7.71. The summed E-state index contributed by atoms with van der Waals surface area (Å²) in [5.41, 5.74) is 4.00. The van der Waals surface area contributed by atoms with E-state index in [2.05, 4.69) is 20.5 Å². The maximum Gasteiger partial charge on any atom is 0.251 e. The SMILES string of the molecule is C/C(=N/NC(=O)Cc1cc(=O)[nH]c(=S)[nH]1)c1cc(C)oc1C. The Kier molecular flexibility index (Phi) is 4.71. The van der Waals surface area contributed by atoms with Gasteiger partial charge in [0.2, 0.25) is 5.91 Å². The van der Waals surface area contributed by atoms with Crippen molar-refractivity contribution in [3.8, 4) is 0 Å². The van der Waals surface area contributed by atoms with Crippen molar-refractivity contribution in [2.45, 2.75) is 27.2 Å². The smallest absolute Gasteiger partial charge is 0.251 e. The van der Waals surface area contributed by atoms with Gasteiger partial charge in [-0.3, -0.25) is 14.6 Å². The molecule has 2 aromatic rings. The molecule has 0 aliphatic carbocycles. The molecule has 2 rings (SSSR count). The predicted molar refractivity (Wildman–Crippen MR) is 84.5 cm³/mol. The highest BCUT2D eigenvalue weighted by Crippen LogP contribution is 2.14. The number of hydrazone groups is 1. The summed E-state index contributed by atoms with van der Waals surface area (Å²) in [6, 6.07) is 3.14. The second kappa shape index (κ2) is 6.52. The monoisotopic (exact) mass is 320 g/mol. The van der Waals surface area contributed by atoms with Gasteiger partial charge in [0.05, 0.1) is 12.1 Å². The van der Waals surface area contributed by atoms with Crippen molar-refractivity contribution in [1.29, 1.82) is 0 Å². The molecule has 3 N–H and O–H groups in total. The molecular formula is C14H16N4O3S. The summed E-state index contributed by atoms with van der Waals surface area (Å²) in [5.74, 6) is 1.17. The normalized spacial score (nSPS) is 11.5. The van der Waals surface area contributed by atoms with Gasteiger partial charge in [-0.15, -0.1) is 0 Å². The van der Waals surface area contributed by atoms with E-state index in [1.165, 1.54) is 6.07 Å². The Morgan fingerprint density at radius 3 is 2.68 bits per heavy atom. The first kappa shape index (κ1) is 15.9. The number of H-pyrrole nitrogens is 2. The van der Waals surface area contributed by atoms with Gasteiger partial charge < -0.3 is 9.40 Å². The zero-order valence-corrected chi connectivity index (χ0v) is 13.3. The molecule has 0 radical (unpaired) electrons. The summed E-state index contributed by atoms with van der Waals surface area (Å²) in [6.07, 6.45) is -0.0201. The van der Waals surface area contributed by atoms with Crippen LogP contribution < -0.4 is 11.0 Å². The molecule has 0 aliphatic heterocycles. The Balaban J connectivity index is 2.06. The van der Waals surface area contributed by atoms with Gasteiger partial charge in [-0.05, 0) is 39.1 Å². The summed E-state index contributed by atoms with van der Waals surface area (Å²) in [5, 5.41) is 4.04. The first-order valence-corrected chi connectivity index (χ1v) is 6.99. The Bertz CT molecular complexity index is 816. The average molecular weight is 320 g/mol. The summed E-state index contributed by atoms with van der Waals surface area (Å²) in [4.78, 5) is 28.3. The molecule has 0 unspecified atom stereocenters. The number of aromatic amines is 2. The Morgan fingerprint density at radius 1 is 1.36 bits per heavy atom. The molecule has 0 spiro atoms. The number of aryl methyl sites for hydroxylation is 2. The van der Waals surface area contributed by atoms with Crippen LogP contribution in [0.25, 0.3) is 0 Å². The molecular weight excluding hydrogens is 304 g/mol. The molecule has 7 nitrogen and oxygen atoms in total. The molecule has 8 heteroatoms. The fraction of sp³-hybridized carbons (Fsp3) is 0.286. The van der Waals surface area contributed by atoms with Crippen molar-refractivity contribution >= 4 is 23.8 Å². The second-order valence-electron chi connectivity index (χ2n) is 4.85. The summed E-state index contributed by atoms with van der Waals surface area (Å²) < 4.78 is 5.60. The van der Waals surface area contributed by atoms with Crippen LogP contribution in [0.4, 0.5) is 0 Å². The lowest BCUT2D eigenvalue weighted by Crippen LogP contribution is -2.23. The minimum Gasteiger partial charge on any atom is -0.466 e. The van der Waals surface area contributed by atoms with Crippen molar-refractivity contribution < 1.29 is 9.21 Å². The van der Waals surface area contributed by atoms with E-state index in [9.17, 15) is 9.59 Å². The van der Waals surface area contributed by atoms with Crippen LogP contribution in [0.3, 0.4) is 0 Å². The van der Waals surface area contributed by atoms with Crippen LogP contribution in [0.2, 0.25) is 0 Å². The number of aromatic nitrogens is 2. The number of amides is 1. The highest BCUT2D eigenvalue weighted by Gasteiger charge is 2.09. The molecule has 22 heavy (non-hydrogen) atoms. The number of rotatable bonds is 4. The average Bonchev–Trinajstić information content (AvgIpc) is 2.74. The molecule has 2 heterocycles. The summed E-state index contributed by atoms with van der Waals surface area (Å²) in [7, 11) is 0. The number of nitrogens with zero attached hydrogens (tertiary/aromatic N) is 1. The Labute approximate surface area is 131 Å². The van der Waals surface area contributed by atoms with Crippen molar-refractivity contribution in [2.75, 3.05) is 0 Å². The molecule has 2 aromatic heterocycles. The van der Waals surface area contributed by atoms with Gasteiger partial charge in [-0.2, -0.15) is 5.10 Å². The van der Waals surface area contributed by atoms with Gasteiger partial charge in [-0.1, -0.05) is 0 Å². The number of hydrogen-bond donors (Lipinski definition) is 3. The maximum absolute atomic E-state index is 11.9. The molecule has 0 saturated heterocycles. The predicted octanol–water partition coefficient (Wildman–Crippen LogP) is 1.73. The molecule has 0 atom stereocenters. The Morgan fingerprint density at radius 2 is 2.09 bits per heavy atom. The van der Waals surface area contributed by atoms with E-state index >= 15 is 0 Å². The molecule has 0 aromatic carbocycles. The number of carbonyl (C=O) groups is 1. The number of hydrogen-bond acceptors (Lipinski definition) is 5. The largest absolute Gasteiger partial charge is 0.466 e. The van der Waals surface area contributed by atoms with E-state index in [0.717, 1.165) is 17.1 Å². The van der Waals surface area contributed by atoms with Gasteiger partial charge in [0, 0.05) is 17.3 Å². The fourth-order valence-electron chi connectivity index (χ4n) is 2.02. The van der Waals surface area contributed by atoms with E-state index in [-0.39, 0.29) is 22.7 Å². The van der Waals surface area contributed by atoms with Crippen LogP contribution in [0, 0.1) is 18.6 Å². The van der Waals surface area contributed by atoms with E-state index in [0.29, 0.717) is 11.4 Å². The van der Waals surface area contributed by atoms with Crippen LogP contribution in [-0.2, 0) is 11.2 Å². The first-order valence-electron chi connectivity index (χ1n) is 6.58. The Hall–Kier alpha value is -2.48. The van der Waals surface area contributed by atoms with E-state index in [1.807, 2.05) is 19.9 Å². The number of carbonyl (C=O) groups excluding carboxylic acids is 1. The third-order valence-corrected chi connectivity index (χ3v) is 3.15. The fourth-order valence-corrected chi connectivity index (χ4v) is 2.26. The third kappa shape index (κ3) is 4.01. The molecule has 0 bridgehead atoms. The summed E-state index contributed by atoms with van der Waals surface area (Å²) in [6.45, 7) is 5.45. The molecule has 0 aliphatic rings. The second-order valence-corrected chi connectivity index (χ2v) is 5.26. The lowest BCUT2D eigenvalue weighted by molar-refractivity contribution is -0.120. The first-order chi connectivity index (χ1) is 10.3. The number of furan rings is 1. The van der Waals surface area contributed by atoms with E-state index in [4.69, 9.17) is 16.6 Å². The zero-order valence-electron chi connectivity index (χ0n) is 12.4. The molecule has 116 valence electrons.